The number of hydrogen-bond acceptors (Lipinski definition) is 6. The minimum atomic E-state index is -0.790. The highest BCUT2D eigenvalue weighted by Gasteiger charge is 2.55. The van der Waals surface area contributed by atoms with E-state index in [-0.39, 0.29) is 5.92 Å². The molecule has 2 aliphatic heterocycles. The van der Waals surface area contributed by atoms with Crippen molar-refractivity contribution in [3.63, 3.8) is 0 Å². The number of aliphatic hydroxyl groups excluding tert-OH is 1. The molecule has 2 saturated heterocycles. The van der Waals surface area contributed by atoms with Crippen molar-refractivity contribution in [1.82, 2.24) is 0 Å². The Morgan fingerprint density at radius 2 is 1.83 bits per heavy atom. The summed E-state index contributed by atoms with van der Waals surface area (Å²) in [7, 11) is 1.64. The third-order valence-electron chi connectivity index (χ3n) is 5.70. The summed E-state index contributed by atoms with van der Waals surface area (Å²) in [6, 6.07) is 17.4. The van der Waals surface area contributed by atoms with E-state index in [4.69, 9.17) is 23.7 Å². The van der Waals surface area contributed by atoms with Crippen LogP contribution in [0.15, 0.2) is 54.6 Å². The molecule has 1 N–H and O–H groups in total. The zero-order valence-corrected chi connectivity index (χ0v) is 17.0. The van der Waals surface area contributed by atoms with Gasteiger partial charge in [0.25, 0.3) is 0 Å². The van der Waals surface area contributed by atoms with Gasteiger partial charge in [-0.05, 0) is 24.6 Å². The zero-order valence-electron chi connectivity index (χ0n) is 17.0. The van der Waals surface area contributed by atoms with Crippen molar-refractivity contribution in [2.75, 3.05) is 13.7 Å². The summed E-state index contributed by atoms with van der Waals surface area (Å²) in [5, 5.41) is 11.0. The SMILES string of the molecule is COc1ccc(CO[C@@H]2OC3(C)COC(c4ccccc4)O[C@H]3C(O)C2C)cc1. The normalized spacial score (nSPS) is 34.4. The van der Waals surface area contributed by atoms with E-state index < -0.39 is 30.4 Å². The van der Waals surface area contributed by atoms with Gasteiger partial charge in [-0.1, -0.05) is 49.4 Å². The maximum atomic E-state index is 11.0. The summed E-state index contributed by atoms with van der Waals surface area (Å²) < 4.78 is 29.5. The molecule has 0 radical (unpaired) electrons. The molecule has 2 aliphatic rings. The molecule has 4 rings (SSSR count). The minimum absolute atomic E-state index is 0.249. The van der Waals surface area contributed by atoms with Crippen LogP contribution in [0.3, 0.4) is 0 Å². The molecule has 6 heteroatoms. The Morgan fingerprint density at radius 3 is 2.52 bits per heavy atom. The van der Waals surface area contributed by atoms with E-state index in [1.165, 1.54) is 0 Å². The molecule has 0 aliphatic carbocycles. The van der Waals surface area contributed by atoms with Crippen LogP contribution in [0.4, 0.5) is 0 Å². The molecule has 29 heavy (non-hydrogen) atoms. The van der Waals surface area contributed by atoms with Crippen LogP contribution in [-0.2, 0) is 25.6 Å². The van der Waals surface area contributed by atoms with Crippen molar-refractivity contribution < 1.29 is 28.8 Å². The van der Waals surface area contributed by atoms with Crippen LogP contribution < -0.4 is 4.74 Å². The topological polar surface area (TPSA) is 66.4 Å². The largest absolute Gasteiger partial charge is 0.497 e. The monoisotopic (exact) mass is 400 g/mol. The van der Waals surface area contributed by atoms with E-state index in [1.807, 2.05) is 68.4 Å². The Hall–Kier alpha value is -1.96. The van der Waals surface area contributed by atoms with Gasteiger partial charge in [-0.25, -0.2) is 0 Å². The van der Waals surface area contributed by atoms with Crippen molar-refractivity contribution in [2.45, 2.75) is 50.8 Å². The molecular formula is C23H28O6. The first-order valence-corrected chi connectivity index (χ1v) is 9.92. The highest BCUT2D eigenvalue weighted by atomic mass is 16.8. The van der Waals surface area contributed by atoms with Gasteiger partial charge < -0.3 is 28.8 Å². The molecule has 4 unspecified atom stereocenters. The maximum absolute atomic E-state index is 11.0. The summed E-state index contributed by atoms with van der Waals surface area (Å²) in [6.45, 7) is 4.50. The predicted octanol–water partition coefficient (Wildman–Crippen LogP) is 3.44. The Labute approximate surface area is 171 Å². The fourth-order valence-electron chi connectivity index (χ4n) is 3.86. The first-order chi connectivity index (χ1) is 14.0. The second-order valence-electron chi connectivity index (χ2n) is 7.92. The lowest BCUT2D eigenvalue weighted by Gasteiger charge is -2.52. The Morgan fingerprint density at radius 1 is 1.10 bits per heavy atom. The highest BCUT2D eigenvalue weighted by molar-refractivity contribution is 5.26. The molecule has 6 nitrogen and oxygen atoms in total. The van der Waals surface area contributed by atoms with Crippen LogP contribution in [-0.4, -0.2) is 42.9 Å². The van der Waals surface area contributed by atoms with Gasteiger partial charge in [-0.2, -0.15) is 0 Å². The summed E-state index contributed by atoms with van der Waals surface area (Å²) in [6.07, 6.45) is -2.31. The number of benzene rings is 2. The van der Waals surface area contributed by atoms with Crippen LogP contribution in [0.25, 0.3) is 0 Å². The fraction of sp³-hybridized carbons (Fsp3) is 0.478. The van der Waals surface area contributed by atoms with Crippen LogP contribution in [0.1, 0.15) is 31.3 Å². The molecule has 156 valence electrons. The lowest BCUT2D eigenvalue weighted by atomic mass is 9.84. The quantitative estimate of drug-likeness (QED) is 0.829. The first-order valence-electron chi connectivity index (χ1n) is 9.92. The van der Waals surface area contributed by atoms with E-state index >= 15 is 0 Å². The molecule has 2 aromatic carbocycles. The van der Waals surface area contributed by atoms with Gasteiger partial charge >= 0.3 is 0 Å². The molecule has 0 bridgehead atoms. The predicted molar refractivity (Wildman–Crippen MR) is 106 cm³/mol. The van der Waals surface area contributed by atoms with Gasteiger partial charge in [0.05, 0.1) is 26.4 Å². The second kappa shape index (κ2) is 8.42. The maximum Gasteiger partial charge on any atom is 0.184 e. The van der Waals surface area contributed by atoms with Gasteiger partial charge in [-0.3, -0.25) is 0 Å². The lowest BCUT2D eigenvalue weighted by molar-refractivity contribution is -0.386. The van der Waals surface area contributed by atoms with Crippen molar-refractivity contribution in [2.24, 2.45) is 5.92 Å². The van der Waals surface area contributed by atoms with Crippen LogP contribution in [0, 0.1) is 5.92 Å². The van der Waals surface area contributed by atoms with Crippen molar-refractivity contribution in [3.05, 3.63) is 65.7 Å². The highest BCUT2D eigenvalue weighted by Crippen LogP contribution is 2.42. The van der Waals surface area contributed by atoms with E-state index in [9.17, 15) is 5.11 Å². The molecule has 2 aromatic rings. The van der Waals surface area contributed by atoms with E-state index in [1.54, 1.807) is 7.11 Å². The smallest absolute Gasteiger partial charge is 0.184 e. The van der Waals surface area contributed by atoms with Gasteiger partial charge in [-0.15, -0.1) is 0 Å². The van der Waals surface area contributed by atoms with Gasteiger partial charge in [0.2, 0.25) is 0 Å². The first kappa shape index (κ1) is 20.3. The fourth-order valence-corrected chi connectivity index (χ4v) is 3.86. The Bertz CT molecular complexity index is 795. The van der Waals surface area contributed by atoms with Crippen molar-refractivity contribution >= 4 is 0 Å². The molecule has 6 atom stereocenters. The molecular weight excluding hydrogens is 372 g/mol. The lowest BCUT2D eigenvalue weighted by Crippen LogP contribution is -2.65. The number of rotatable bonds is 5. The summed E-state index contributed by atoms with van der Waals surface area (Å²) in [5.41, 5.74) is 1.14. The van der Waals surface area contributed by atoms with Gasteiger partial charge in [0, 0.05) is 11.5 Å². The Kier molecular flexibility index (Phi) is 5.90. The van der Waals surface area contributed by atoms with Crippen molar-refractivity contribution in [1.29, 1.82) is 0 Å². The number of hydrogen-bond donors (Lipinski definition) is 1. The number of aliphatic hydroxyl groups is 1. The third-order valence-corrected chi connectivity index (χ3v) is 5.70. The van der Waals surface area contributed by atoms with Crippen molar-refractivity contribution in [3.8, 4) is 5.75 Å². The summed E-state index contributed by atoms with van der Waals surface area (Å²) >= 11 is 0. The average molecular weight is 400 g/mol. The van der Waals surface area contributed by atoms with Crippen LogP contribution in [0.5, 0.6) is 5.75 Å². The zero-order chi connectivity index (χ0) is 20.4. The number of fused-ring (bicyclic) bond motifs is 1. The molecule has 2 fully saturated rings. The number of methoxy groups -OCH3 is 1. The number of ether oxygens (including phenoxy) is 5. The average Bonchev–Trinajstić information content (AvgIpc) is 2.76. The molecule has 0 amide bonds. The molecule has 0 saturated carbocycles. The summed E-state index contributed by atoms with van der Waals surface area (Å²) in [4.78, 5) is 0. The third kappa shape index (κ3) is 4.17. The molecule has 0 aromatic heterocycles. The minimum Gasteiger partial charge on any atom is -0.497 e. The van der Waals surface area contributed by atoms with Crippen LogP contribution >= 0.6 is 0 Å². The van der Waals surface area contributed by atoms with E-state index in [2.05, 4.69) is 0 Å². The standard InChI is InChI=1S/C23H28O6/c1-15-19(24)20-23(2,14-27-22(28-20)17-7-5-4-6-8-17)29-21(15)26-13-16-9-11-18(25-3)12-10-16/h4-12,15,19-22,24H,13-14H2,1-3H3/t15?,19?,20-,21+,22?,23?/m0/s1. The van der Waals surface area contributed by atoms with Gasteiger partial charge in [0.15, 0.2) is 12.6 Å². The summed E-state index contributed by atoms with van der Waals surface area (Å²) in [5.74, 6) is 0.548. The second-order valence-corrected chi connectivity index (χ2v) is 7.92. The van der Waals surface area contributed by atoms with E-state index in [0.717, 1.165) is 16.9 Å². The van der Waals surface area contributed by atoms with Crippen LogP contribution in [0.2, 0.25) is 0 Å². The molecule has 2 heterocycles. The molecule has 0 spiro atoms. The Balaban J connectivity index is 1.42. The van der Waals surface area contributed by atoms with E-state index in [0.29, 0.717) is 13.2 Å². The van der Waals surface area contributed by atoms with Gasteiger partial charge in [0.1, 0.15) is 17.5 Å².